The largest absolute Gasteiger partial charge is 0.496 e. The van der Waals surface area contributed by atoms with Crippen molar-refractivity contribution in [1.29, 1.82) is 0 Å². The minimum absolute atomic E-state index is 0.0446. The number of aromatic amines is 1. The monoisotopic (exact) mass is 619 g/mol. The smallest absolute Gasteiger partial charge is 0.490 e. The third-order valence-corrected chi connectivity index (χ3v) is 8.73. The van der Waals surface area contributed by atoms with Gasteiger partial charge in [0.2, 0.25) is 5.91 Å². The lowest BCUT2D eigenvalue weighted by Crippen LogP contribution is -2.51. The van der Waals surface area contributed by atoms with E-state index in [-0.39, 0.29) is 11.4 Å². The van der Waals surface area contributed by atoms with Crippen molar-refractivity contribution >= 4 is 46.0 Å². The molecule has 1 saturated heterocycles. The van der Waals surface area contributed by atoms with Crippen LogP contribution in [0.3, 0.4) is 0 Å². The van der Waals surface area contributed by atoms with Gasteiger partial charge in [0, 0.05) is 56.3 Å². The number of alkyl halides is 3. The van der Waals surface area contributed by atoms with Gasteiger partial charge >= 0.3 is 12.1 Å². The molecule has 15 heteroatoms. The molecule has 0 radical (unpaired) electrons. The van der Waals surface area contributed by atoms with Gasteiger partial charge < -0.3 is 35.3 Å². The summed E-state index contributed by atoms with van der Waals surface area (Å²) >= 11 is 6.55. The van der Waals surface area contributed by atoms with Crippen molar-refractivity contribution in [3.63, 3.8) is 0 Å². The van der Waals surface area contributed by atoms with Crippen molar-refractivity contribution in [2.45, 2.75) is 24.2 Å². The Balaban J connectivity index is 1.32. The van der Waals surface area contributed by atoms with Gasteiger partial charge in [-0.1, -0.05) is 17.7 Å². The predicted molar refractivity (Wildman–Crippen MR) is 153 cm³/mol. The number of nitrogens with zero attached hydrogens (tertiary/aromatic N) is 4. The molecule has 4 N–H and O–H groups in total. The number of benzene rings is 1. The Kier molecular flexibility index (Phi) is 7.16. The lowest BCUT2D eigenvalue weighted by atomic mass is 9.84. The van der Waals surface area contributed by atoms with Gasteiger partial charge in [-0.3, -0.25) is 4.79 Å². The summed E-state index contributed by atoms with van der Waals surface area (Å²) < 4.78 is 49.8. The van der Waals surface area contributed by atoms with Gasteiger partial charge in [0.25, 0.3) is 0 Å². The molecule has 43 heavy (non-hydrogen) atoms. The number of imidazole rings is 1. The first kappa shape index (κ1) is 29.1. The minimum atomic E-state index is -5.23. The molecular formula is C28H29ClF3N7O4. The number of aromatic nitrogens is 3. The summed E-state index contributed by atoms with van der Waals surface area (Å²) in [5.41, 5.74) is 6.57. The van der Waals surface area contributed by atoms with Gasteiger partial charge in [-0.05, 0) is 25.3 Å². The zero-order valence-electron chi connectivity index (χ0n) is 23.2. The van der Waals surface area contributed by atoms with Gasteiger partial charge in [-0.25, -0.2) is 14.8 Å². The Bertz CT molecular complexity index is 1620. The Morgan fingerprint density at radius 2 is 1.98 bits per heavy atom. The first-order chi connectivity index (χ1) is 20.4. The van der Waals surface area contributed by atoms with Gasteiger partial charge in [0.1, 0.15) is 28.6 Å². The Labute approximate surface area is 249 Å². The first-order valence-corrected chi connectivity index (χ1v) is 14.0. The highest BCUT2D eigenvalue weighted by atomic mass is 35.5. The fraction of sp³-hybridized carbons (Fsp3) is 0.429. The minimum Gasteiger partial charge on any atom is -0.496 e. The molecule has 11 nitrogen and oxygen atoms in total. The summed E-state index contributed by atoms with van der Waals surface area (Å²) in [6.07, 6.45) is -0.975. The lowest BCUT2D eigenvalue weighted by Gasteiger charge is -2.34. The Morgan fingerprint density at radius 3 is 2.65 bits per heavy atom. The molecule has 228 valence electrons. The number of piperazine rings is 1. The van der Waals surface area contributed by atoms with Crippen LogP contribution in [0.1, 0.15) is 6.42 Å². The molecular weight excluding hydrogens is 591 g/mol. The van der Waals surface area contributed by atoms with E-state index in [1.54, 1.807) is 13.2 Å². The molecule has 3 aromatic rings. The van der Waals surface area contributed by atoms with Crippen LogP contribution in [0.4, 0.5) is 24.5 Å². The molecule has 1 saturated carbocycles. The molecule has 0 unspecified atom stereocenters. The maximum absolute atomic E-state index is 13.1. The van der Waals surface area contributed by atoms with E-state index < -0.39 is 41.5 Å². The summed E-state index contributed by atoms with van der Waals surface area (Å²) in [6, 6.07) is 5.03. The Hall–Kier alpha value is -4.04. The second-order valence-corrected chi connectivity index (χ2v) is 11.5. The number of anilines is 2. The Morgan fingerprint density at radius 1 is 1.23 bits per heavy atom. The third kappa shape index (κ3) is 5.12. The average Bonchev–Trinajstić information content (AvgIpc) is 3.66. The number of carbonyl (C=O) groups is 2. The zero-order valence-corrected chi connectivity index (χ0v) is 24.0. The number of carbonyl (C=O) groups excluding carboxylic acids is 2. The van der Waals surface area contributed by atoms with Crippen molar-refractivity contribution in [1.82, 2.24) is 19.9 Å². The number of methoxy groups -OCH3 is 1. The summed E-state index contributed by atoms with van der Waals surface area (Å²) in [6.45, 7) is 3.69. The number of likely N-dealkylation sites (N-methyl/N-ethyl adjacent to an activating group) is 1. The first-order valence-electron chi connectivity index (χ1n) is 13.6. The van der Waals surface area contributed by atoms with E-state index in [0.29, 0.717) is 34.0 Å². The summed E-state index contributed by atoms with van der Waals surface area (Å²) in [7, 11) is 3.67. The van der Waals surface area contributed by atoms with Crippen molar-refractivity contribution in [2.24, 2.45) is 17.6 Å². The highest BCUT2D eigenvalue weighted by Crippen LogP contribution is 2.51. The molecule has 1 aromatic carbocycles. The van der Waals surface area contributed by atoms with E-state index in [4.69, 9.17) is 26.8 Å². The van der Waals surface area contributed by atoms with E-state index in [0.717, 1.165) is 31.9 Å². The fourth-order valence-corrected chi connectivity index (χ4v) is 6.50. The standard InChI is InChI=1S/C28H29ClF3N7O4/c1-38-7-9-39(10-8-38)15-3-4-16(18(11-15)42-2)24-36-22-21(17(29)13-34-25(22)37-24)35-20-14-5-6-27(12-14,19(20)23(33)40)43-26(41)28(30,31)32/h3-6,11,13-14,19-20H,7-10,12H2,1-2H3,(H2,33,40)(H2,34,35,36,37)/t14-,19-,20+,27+/m0/s1. The number of hydrogen-bond acceptors (Lipinski definition) is 9. The van der Waals surface area contributed by atoms with Crippen LogP contribution in [0, 0.1) is 11.8 Å². The van der Waals surface area contributed by atoms with Crippen LogP contribution in [0.2, 0.25) is 5.02 Å². The van der Waals surface area contributed by atoms with Crippen LogP contribution in [0.25, 0.3) is 22.6 Å². The quantitative estimate of drug-likeness (QED) is 0.268. The summed E-state index contributed by atoms with van der Waals surface area (Å²) in [5, 5.41) is 3.37. The number of rotatable bonds is 7. The van der Waals surface area contributed by atoms with Crippen LogP contribution < -0.4 is 20.7 Å². The molecule has 2 aliphatic carbocycles. The molecule has 2 aromatic heterocycles. The van der Waals surface area contributed by atoms with E-state index in [2.05, 4.69) is 37.1 Å². The molecule has 2 fully saturated rings. The zero-order chi connectivity index (χ0) is 30.7. The molecule has 0 spiro atoms. The van der Waals surface area contributed by atoms with Crippen molar-refractivity contribution in [3.8, 4) is 17.1 Å². The summed E-state index contributed by atoms with van der Waals surface area (Å²) in [5.74, 6) is -4.03. The summed E-state index contributed by atoms with van der Waals surface area (Å²) in [4.78, 5) is 41.1. The van der Waals surface area contributed by atoms with Crippen LogP contribution in [-0.2, 0) is 14.3 Å². The maximum atomic E-state index is 13.1. The molecule has 3 heterocycles. The molecule has 1 amide bonds. The van der Waals surface area contributed by atoms with E-state index >= 15 is 0 Å². The number of H-pyrrole nitrogens is 1. The van der Waals surface area contributed by atoms with E-state index in [9.17, 15) is 22.8 Å². The third-order valence-electron chi connectivity index (χ3n) is 8.44. The van der Waals surface area contributed by atoms with Gasteiger partial charge in [-0.2, -0.15) is 13.2 Å². The normalized spacial score (nSPS) is 25.3. The van der Waals surface area contributed by atoms with Crippen LogP contribution in [0.15, 0.2) is 36.5 Å². The lowest BCUT2D eigenvalue weighted by molar-refractivity contribution is -0.212. The van der Waals surface area contributed by atoms with Crippen LogP contribution in [-0.4, -0.2) is 89.9 Å². The van der Waals surface area contributed by atoms with Crippen LogP contribution >= 0.6 is 11.6 Å². The highest BCUT2D eigenvalue weighted by Gasteiger charge is 2.62. The molecule has 4 atom stereocenters. The van der Waals surface area contributed by atoms with Crippen molar-refractivity contribution in [2.75, 3.05) is 50.6 Å². The number of primary amides is 1. The number of ether oxygens (including phenoxy) is 2. The average molecular weight is 620 g/mol. The van der Waals surface area contributed by atoms with Crippen molar-refractivity contribution in [3.05, 3.63) is 41.6 Å². The van der Waals surface area contributed by atoms with Crippen LogP contribution in [0.5, 0.6) is 5.75 Å². The highest BCUT2D eigenvalue weighted by molar-refractivity contribution is 6.34. The molecule has 1 aliphatic heterocycles. The predicted octanol–water partition coefficient (Wildman–Crippen LogP) is 3.35. The SMILES string of the molecule is COc1cc(N2CCN(C)CC2)ccc1-c1nc2ncc(Cl)c(N[C@H]3[C@@H](C(N)=O)[C@@]4(OC(=O)C(F)(F)F)C=C[C@H]3C4)c2[nH]1. The maximum Gasteiger partial charge on any atom is 0.490 e. The number of esters is 1. The van der Waals surface area contributed by atoms with E-state index in [1.807, 2.05) is 18.2 Å². The van der Waals surface area contributed by atoms with Gasteiger partial charge in [-0.15, -0.1) is 0 Å². The number of hydrogen-bond donors (Lipinski definition) is 3. The number of nitrogens with one attached hydrogen (secondary N) is 2. The number of amides is 1. The van der Waals surface area contributed by atoms with Gasteiger partial charge in [0.15, 0.2) is 5.65 Å². The topological polar surface area (TPSA) is 139 Å². The van der Waals surface area contributed by atoms with Crippen molar-refractivity contribution < 1.29 is 32.2 Å². The second-order valence-electron chi connectivity index (χ2n) is 11.1. The van der Waals surface area contributed by atoms with Gasteiger partial charge in [0.05, 0.1) is 29.6 Å². The molecule has 2 bridgehead atoms. The number of halogens is 4. The molecule has 6 rings (SSSR count). The second kappa shape index (κ2) is 10.6. The number of nitrogens with two attached hydrogens (primary N) is 1. The van der Waals surface area contributed by atoms with E-state index in [1.165, 1.54) is 12.3 Å². The number of pyridine rings is 1. The fourth-order valence-electron chi connectivity index (χ4n) is 6.30. The molecule has 3 aliphatic rings. The number of fused-ring (bicyclic) bond motifs is 3.